The largest absolute Gasteiger partial charge is 0.494 e. The molecule has 0 radical (unpaired) electrons. The van der Waals surface area contributed by atoms with Gasteiger partial charge < -0.3 is 28.6 Å². The second kappa shape index (κ2) is 22.3. The minimum absolute atomic E-state index is 0.308. The molecule has 0 unspecified atom stereocenters. The molecule has 1 heterocycles. The summed E-state index contributed by atoms with van der Waals surface area (Å²) in [6.07, 6.45) is 15.1. The smallest absolute Gasteiger partial charge is 0.343 e. The first-order valence-electron chi connectivity index (χ1n) is 18.3. The van der Waals surface area contributed by atoms with E-state index in [1.165, 1.54) is 37.8 Å². The number of esters is 3. The van der Waals surface area contributed by atoms with Crippen LogP contribution in [0.15, 0.2) is 110 Å². The fraction of sp³-hybridized carbons (Fsp3) is 0.349. The van der Waals surface area contributed by atoms with Crippen molar-refractivity contribution in [3.8, 4) is 23.0 Å². The maximum Gasteiger partial charge on any atom is 0.343 e. The lowest BCUT2D eigenvalue weighted by molar-refractivity contribution is -0.697. The molecule has 3 aromatic carbocycles. The van der Waals surface area contributed by atoms with E-state index in [2.05, 4.69) is 54.7 Å². The Morgan fingerprint density at radius 3 is 1.45 bits per heavy atom. The molecule has 0 fully saturated rings. The molecule has 1 aromatic heterocycles. The van der Waals surface area contributed by atoms with Crippen LogP contribution < -0.4 is 28.4 Å². The van der Waals surface area contributed by atoms with Crippen molar-refractivity contribution in [2.45, 2.75) is 64.3 Å². The Hall–Kier alpha value is -5.64. The van der Waals surface area contributed by atoms with Crippen LogP contribution in [0.1, 0.15) is 78.5 Å². The van der Waals surface area contributed by atoms with Gasteiger partial charge in [0.1, 0.15) is 29.5 Å². The molecule has 10 nitrogen and oxygen atoms in total. The van der Waals surface area contributed by atoms with Crippen LogP contribution in [0, 0.1) is 0 Å². The van der Waals surface area contributed by atoms with Gasteiger partial charge in [-0.1, -0.05) is 32.3 Å². The second-order valence-corrected chi connectivity index (χ2v) is 12.7. The molecule has 0 atom stereocenters. The van der Waals surface area contributed by atoms with Crippen LogP contribution in [0.2, 0.25) is 0 Å². The van der Waals surface area contributed by atoms with Crippen molar-refractivity contribution >= 4 is 23.6 Å². The van der Waals surface area contributed by atoms with E-state index in [9.17, 15) is 14.4 Å². The number of benzene rings is 3. The fourth-order valence-corrected chi connectivity index (χ4v) is 5.27. The maximum absolute atomic E-state index is 12.7. The zero-order chi connectivity index (χ0) is 37.7. The molecule has 0 bridgehead atoms. The van der Waals surface area contributed by atoms with Gasteiger partial charge in [-0.15, -0.1) is 0 Å². The van der Waals surface area contributed by atoms with Crippen LogP contribution >= 0.6 is 0 Å². The van der Waals surface area contributed by atoms with Gasteiger partial charge in [0.2, 0.25) is 0 Å². The summed E-state index contributed by atoms with van der Waals surface area (Å²) in [5.41, 5.74) is 1.98. The van der Waals surface area contributed by atoms with Gasteiger partial charge in [-0.05, 0) is 98.5 Å². The monoisotopic (exact) mass is 723 g/mol. The van der Waals surface area contributed by atoms with Gasteiger partial charge >= 0.3 is 17.9 Å². The summed E-state index contributed by atoms with van der Waals surface area (Å²) in [5, 5.41) is 0. The number of carbonyl (C=O) groups is 3. The van der Waals surface area contributed by atoms with E-state index >= 15 is 0 Å². The molecule has 53 heavy (non-hydrogen) atoms. The Balaban J connectivity index is 1.05. The highest BCUT2D eigenvalue weighted by Gasteiger charge is 2.12. The van der Waals surface area contributed by atoms with E-state index in [-0.39, 0.29) is 0 Å². The molecule has 0 spiro atoms. The third-order valence-electron chi connectivity index (χ3n) is 8.36. The van der Waals surface area contributed by atoms with Gasteiger partial charge in [-0.3, -0.25) is 0 Å². The molecule has 280 valence electrons. The van der Waals surface area contributed by atoms with E-state index in [1.54, 1.807) is 72.8 Å². The summed E-state index contributed by atoms with van der Waals surface area (Å²) in [5.74, 6) is 0.486. The predicted molar refractivity (Wildman–Crippen MR) is 204 cm³/mol. The molecule has 0 aliphatic rings. The molecule has 0 N–H and O–H groups in total. The van der Waals surface area contributed by atoms with Gasteiger partial charge in [0.05, 0.1) is 30.9 Å². The molecular formula is C43H51N2O8+. The second-order valence-electron chi connectivity index (χ2n) is 12.7. The van der Waals surface area contributed by atoms with Gasteiger partial charge in [-0.25, -0.2) is 19.0 Å². The van der Waals surface area contributed by atoms with Gasteiger partial charge in [0.15, 0.2) is 12.4 Å². The number of aryl methyl sites for hydroxylation is 1. The van der Waals surface area contributed by atoms with Crippen LogP contribution in [0.3, 0.4) is 0 Å². The quantitative estimate of drug-likeness (QED) is 0.0246. The van der Waals surface area contributed by atoms with Crippen molar-refractivity contribution in [2.24, 2.45) is 0 Å². The van der Waals surface area contributed by atoms with Crippen LogP contribution in [-0.2, 0) is 16.1 Å². The van der Waals surface area contributed by atoms with Crippen molar-refractivity contribution in [1.29, 1.82) is 0 Å². The average Bonchev–Trinajstić information content (AvgIpc) is 3.18. The normalized spacial score (nSPS) is 10.6. The van der Waals surface area contributed by atoms with E-state index < -0.39 is 17.9 Å². The first kappa shape index (κ1) is 40.1. The minimum Gasteiger partial charge on any atom is -0.494 e. The zero-order valence-electron chi connectivity index (χ0n) is 30.9. The molecule has 0 aliphatic carbocycles. The Bertz CT molecular complexity index is 1700. The molecule has 0 saturated carbocycles. The highest BCUT2D eigenvalue weighted by Crippen LogP contribution is 2.22. The standard InChI is InChI=1S/C43H51N2O8/c1-4-41(46)51-33-13-12-32-50-38-20-16-35(17-21-38)43(48)53-40-24-22-39(23-25-40)52-42(47)34-14-18-37(19-15-34)49-31-11-9-7-5-6-8-10-28-45-29-26-36(27-30-45)44(2)3/h4,14-27,29-30H,1,5-13,28,31-33H2,2-3H3/q+1. The topological polar surface area (TPSA) is 104 Å². The van der Waals surface area contributed by atoms with E-state index in [0.717, 1.165) is 25.5 Å². The SMILES string of the molecule is C=CC(=O)OCCCCOc1ccc(C(=O)Oc2ccc(OC(=O)c3ccc(OCCCCCCCCC[n+]4ccc(N(C)C)cc4)cc3)cc2)cc1. The molecule has 4 aromatic rings. The highest BCUT2D eigenvalue weighted by molar-refractivity contribution is 5.92. The number of hydrogen-bond donors (Lipinski definition) is 0. The molecular weight excluding hydrogens is 672 g/mol. The van der Waals surface area contributed by atoms with Crippen LogP contribution in [0.25, 0.3) is 0 Å². The number of hydrogen-bond acceptors (Lipinski definition) is 9. The summed E-state index contributed by atoms with van der Waals surface area (Å²) in [4.78, 5) is 38.5. The summed E-state index contributed by atoms with van der Waals surface area (Å²) in [6, 6.07) is 24.1. The van der Waals surface area contributed by atoms with E-state index in [1.807, 2.05) is 0 Å². The van der Waals surface area contributed by atoms with Gasteiger partial charge in [0, 0.05) is 44.4 Å². The molecule has 0 aliphatic heterocycles. The van der Waals surface area contributed by atoms with E-state index in [0.29, 0.717) is 66.8 Å². The van der Waals surface area contributed by atoms with E-state index in [4.69, 9.17) is 23.7 Å². The maximum atomic E-state index is 12.7. The number of aromatic nitrogens is 1. The number of carbonyl (C=O) groups excluding carboxylic acids is 3. The number of anilines is 1. The Morgan fingerprint density at radius 2 is 0.981 bits per heavy atom. The summed E-state index contributed by atoms with van der Waals surface area (Å²) >= 11 is 0. The lowest BCUT2D eigenvalue weighted by Crippen LogP contribution is -2.32. The summed E-state index contributed by atoms with van der Waals surface area (Å²) in [6.45, 7) is 5.80. The van der Waals surface area contributed by atoms with Crippen molar-refractivity contribution < 1.29 is 42.6 Å². The first-order chi connectivity index (χ1) is 25.8. The molecule has 0 amide bonds. The van der Waals surface area contributed by atoms with Crippen molar-refractivity contribution in [3.05, 3.63) is 121 Å². The molecule has 10 heteroatoms. The van der Waals surface area contributed by atoms with Crippen LogP contribution in [0.5, 0.6) is 23.0 Å². The summed E-state index contributed by atoms with van der Waals surface area (Å²) < 4.78 is 29.7. The van der Waals surface area contributed by atoms with Crippen molar-refractivity contribution in [1.82, 2.24) is 0 Å². The van der Waals surface area contributed by atoms with Crippen molar-refractivity contribution in [3.63, 3.8) is 0 Å². The number of ether oxygens (including phenoxy) is 5. The Labute approximate surface area is 312 Å². The van der Waals surface area contributed by atoms with Gasteiger partial charge in [-0.2, -0.15) is 0 Å². The number of unbranched alkanes of at least 4 members (excludes halogenated alkanes) is 7. The Kier molecular flexibility index (Phi) is 16.9. The predicted octanol–water partition coefficient (Wildman–Crippen LogP) is 8.18. The number of nitrogens with zero attached hydrogens (tertiary/aromatic N) is 2. The third-order valence-corrected chi connectivity index (χ3v) is 8.36. The zero-order valence-corrected chi connectivity index (χ0v) is 30.9. The van der Waals surface area contributed by atoms with Crippen molar-refractivity contribution in [2.75, 3.05) is 38.8 Å². The lowest BCUT2D eigenvalue weighted by Gasteiger charge is -2.10. The summed E-state index contributed by atoms with van der Waals surface area (Å²) in [7, 11) is 4.11. The number of rotatable bonds is 23. The molecule has 4 rings (SSSR count). The lowest BCUT2D eigenvalue weighted by atomic mass is 10.1. The minimum atomic E-state index is -0.531. The van der Waals surface area contributed by atoms with Gasteiger partial charge in [0.25, 0.3) is 0 Å². The fourth-order valence-electron chi connectivity index (χ4n) is 5.27. The first-order valence-corrected chi connectivity index (χ1v) is 18.3. The highest BCUT2D eigenvalue weighted by atomic mass is 16.5. The van der Waals surface area contributed by atoms with Crippen LogP contribution in [0.4, 0.5) is 5.69 Å². The third kappa shape index (κ3) is 14.9. The Morgan fingerprint density at radius 1 is 0.566 bits per heavy atom. The number of pyridine rings is 1. The molecule has 0 saturated heterocycles. The van der Waals surface area contributed by atoms with Crippen LogP contribution in [-0.4, -0.2) is 51.8 Å². The average molecular weight is 724 g/mol.